The van der Waals surface area contributed by atoms with E-state index in [9.17, 15) is 9.59 Å². The standard InChI is InChI=1S/C18H16N4O3/c1-11-2-8-14(9-3-11)20-16(23)10-15-21-18(25-22-15)13-6-4-12(5-7-13)17(19)24/h2-9H,10H2,1H3,(H2,19,24)(H,20,23). The Hall–Kier alpha value is -3.48. The van der Waals surface area contributed by atoms with Crippen molar-refractivity contribution in [1.29, 1.82) is 0 Å². The first-order chi connectivity index (χ1) is 12.0. The van der Waals surface area contributed by atoms with E-state index >= 15 is 0 Å². The van der Waals surface area contributed by atoms with Crippen molar-refractivity contribution >= 4 is 17.5 Å². The molecule has 3 rings (SSSR count). The summed E-state index contributed by atoms with van der Waals surface area (Å²) in [5, 5.41) is 6.58. The molecule has 0 aliphatic rings. The second-order valence-corrected chi connectivity index (χ2v) is 5.55. The van der Waals surface area contributed by atoms with Crippen LogP contribution in [0.3, 0.4) is 0 Å². The fraction of sp³-hybridized carbons (Fsp3) is 0.111. The average Bonchev–Trinajstić information content (AvgIpc) is 3.05. The van der Waals surface area contributed by atoms with Gasteiger partial charge in [-0.3, -0.25) is 9.59 Å². The van der Waals surface area contributed by atoms with Gasteiger partial charge < -0.3 is 15.6 Å². The monoisotopic (exact) mass is 336 g/mol. The highest BCUT2D eigenvalue weighted by atomic mass is 16.5. The van der Waals surface area contributed by atoms with Gasteiger partial charge in [0.25, 0.3) is 5.89 Å². The molecule has 1 aromatic heterocycles. The zero-order chi connectivity index (χ0) is 17.8. The Labute approximate surface area is 143 Å². The van der Waals surface area contributed by atoms with E-state index in [-0.39, 0.29) is 24.0 Å². The Bertz CT molecular complexity index is 899. The van der Waals surface area contributed by atoms with Crippen molar-refractivity contribution in [2.24, 2.45) is 5.73 Å². The highest BCUT2D eigenvalue weighted by Gasteiger charge is 2.13. The summed E-state index contributed by atoms with van der Waals surface area (Å²) in [6.45, 7) is 1.97. The van der Waals surface area contributed by atoms with Crippen molar-refractivity contribution in [3.05, 3.63) is 65.5 Å². The first-order valence-electron chi connectivity index (χ1n) is 7.60. The molecular formula is C18H16N4O3. The van der Waals surface area contributed by atoms with Gasteiger partial charge in [-0.05, 0) is 43.3 Å². The minimum absolute atomic E-state index is 0.00323. The number of rotatable bonds is 5. The molecular weight excluding hydrogens is 320 g/mol. The largest absolute Gasteiger partial charge is 0.366 e. The number of hydrogen-bond donors (Lipinski definition) is 2. The first kappa shape index (κ1) is 16.4. The van der Waals surface area contributed by atoms with Crippen molar-refractivity contribution in [3.8, 4) is 11.5 Å². The van der Waals surface area contributed by atoms with Gasteiger partial charge in [0.2, 0.25) is 11.8 Å². The molecule has 0 unspecified atom stereocenters. The predicted molar refractivity (Wildman–Crippen MR) is 91.8 cm³/mol. The fourth-order valence-corrected chi connectivity index (χ4v) is 2.21. The number of carbonyl (C=O) groups is 2. The van der Waals surface area contributed by atoms with Gasteiger partial charge >= 0.3 is 0 Å². The van der Waals surface area contributed by atoms with E-state index in [2.05, 4.69) is 15.5 Å². The van der Waals surface area contributed by atoms with Gasteiger partial charge in [0, 0.05) is 16.8 Å². The summed E-state index contributed by atoms with van der Waals surface area (Å²) in [4.78, 5) is 27.3. The maximum absolute atomic E-state index is 12.0. The summed E-state index contributed by atoms with van der Waals surface area (Å²) in [6, 6.07) is 13.9. The number of nitrogens with two attached hydrogens (primary N) is 1. The molecule has 7 heteroatoms. The molecule has 0 aliphatic heterocycles. The first-order valence-corrected chi connectivity index (χ1v) is 7.60. The second kappa shape index (κ2) is 6.96. The Morgan fingerprint density at radius 2 is 1.76 bits per heavy atom. The van der Waals surface area contributed by atoms with E-state index in [0.717, 1.165) is 5.56 Å². The Morgan fingerprint density at radius 1 is 1.08 bits per heavy atom. The molecule has 0 radical (unpaired) electrons. The number of carbonyl (C=O) groups excluding carboxylic acids is 2. The summed E-state index contributed by atoms with van der Waals surface area (Å²) < 4.78 is 5.16. The SMILES string of the molecule is Cc1ccc(NC(=O)Cc2noc(-c3ccc(C(N)=O)cc3)n2)cc1. The highest BCUT2D eigenvalue weighted by molar-refractivity contribution is 5.93. The second-order valence-electron chi connectivity index (χ2n) is 5.55. The van der Waals surface area contributed by atoms with Crippen LogP contribution in [-0.2, 0) is 11.2 Å². The Morgan fingerprint density at radius 3 is 2.40 bits per heavy atom. The third kappa shape index (κ3) is 4.08. The molecule has 0 saturated carbocycles. The summed E-state index contributed by atoms with van der Waals surface area (Å²) in [5.41, 5.74) is 8.05. The quantitative estimate of drug-likeness (QED) is 0.743. The van der Waals surface area contributed by atoms with Crippen LogP contribution in [0.1, 0.15) is 21.7 Å². The number of hydrogen-bond acceptors (Lipinski definition) is 5. The van der Waals surface area contributed by atoms with Crippen LogP contribution in [0.25, 0.3) is 11.5 Å². The third-order valence-electron chi connectivity index (χ3n) is 3.54. The van der Waals surface area contributed by atoms with E-state index in [1.807, 2.05) is 31.2 Å². The lowest BCUT2D eigenvalue weighted by atomic mass is 10.1. The van der Waals surface area contributed by atoms with Crippen LogP contribution in [0, 0.1) is 6.92 Å². The molecule has 3 aromatic rings. The number of nitrogens with zero attached hydrogens (tertiary/aromatic N) is 2. The maximum Gasteiger partial charge on any atom is 0.257 e. The Balaban J connectivity index is 1.65. The molecule has 2 amide bonds. The molecule has 0 spiro atoms. The molecule has 2 aromatic carbocycles. The lowest BCUT2D eigenvalue weighted by molar-refractivity contribution is -0.115. The van der Waals surface area contributed by atoms with Gasteiger partial charge in [-0.1, -0.05) is 22.9 Å². The molecule has 0 saturated heterocycles. The van der Waals surface area contributed by atoms with Crippen LogP contribution in [0.5, 0.6) is 0 Å². The van der Waals surface area contributed by atoms with Gasteiger partial charge in [-0.15, -0.1) is 0 Å². The summed E-state index contributed by atoms with van der Waals surface area (Å²) in [5.74, 6) is -0.196. The van der Waals surface area contributed by atoms with Crippen LogP contribution in [0.4, 0.5) is 5.69 Å². The highest BCUT2D eigenvalue weighted by Crippen LogP contribution is 2.18. The van der Waals surface area contributed by atoms with Crippen LogP contribution in [0.2, 0.25) is 0 Å². The normalized spacial score (nSPS) is 10.4. The van der Waals surface area contributed by atoms with Crippen molar-refractivity contribution in [2.45, 2.75) is 13.3 Å². The molecule has 0 fully saturated rings. The van der Waals surface area contributed by atoms with E-state index in [1.54, 1.807) is 24.3 Å². The number of anilines is 1. The maximum atomic E-state index is 12.0. The van der Waals surface area contributed by atoms with Gasteiger partial charge in [0.1, 0.15) is 0 Å². The molecule has 1 heterocycles. The number of aromatic nitrogens is 2. The van der Waals surface area contributed by atoms with Crippen molar-refractivity contribution in [3.63, 3.8) is 0 Å². The van der Waals surface area contributed by atoms with Gasteiger partial charge in [-0.2, -0.15) is 4.98 Å². The number of primary amides is 1. The summed E-state index contributed by atoms with van der Waals surface area (Å²) in [7, 11) is 0. The topological polar surface area (TPSA) is 111 Å². The molecule has 3 N–H and O–H groups in total. The van der Waals surface area contributed by atoms with Gasteiger partial charge in [-0.25, -0.2) is 0 Å². The van der Waals surface area contributed by atoms with Crippen LogP contribution >= 0.6 is 0 Å². The third-order valence-corrected chi connectivity index (χ3v) is 3.54. The van der Waals surface area contributed by atoms with Gasteiger partial charge in [0.15, 0.2) is 5.82 Å². The van der Waals surface area contributed by atoms with E-state index in [4.69, 9.17) is 10.3 Å². The smallest absolute Gasteiger partial charge is 0.257 e. The number of amides is 2. The average molecular weight is 336 g/mol. The lowest BCUT2D eigenvalue weighted by Crippen LogP contribution is -2.15. The van der Waals surface area contributed by atoms with Crippen LogP contribution in [-0.4, -0.2) is 22.0 Å². The van der Waals surface area contributed by atoms with E-state index < -0.39 is 5.91 Å². The van der Waals surface area contributed by atoms with Gasteiger partial charge in [0.05, 0.1) is 6.42 Å². The minimum Gasteiger partial charge on any atom is -0.366 e. The molecule has 25 heavy (non-hydrogen) atoms. The molecule has 0 aliphatic carbocycles. The predicted octanol–water partition coefficient (Wildman–Crippen LogP) is 2.33. The van der Waals surface area contributed by atoms with Crippen LogP contribution < -0.4 is 11.1 Å². The molecule has 7 nitrogen and oxygen atoms in total. The van der Waals surface area contributed by atoms with Crippen LogP contribution in [0.15, 0.2) is 53.1 Å². The van der Waals surface area contributed by atoms with E-state index in [0.29, 0.717) is 16.8 Å². The molecule has 126 valence electrons. The summed E-state index contributed by atoms with van der Waals surface area (Å²) in [6.07, 6.45) is -0.00323. The van der Waals surface area contributed by atoms with E-state index in [1.165, 1.54) is 0 Å². The fourth-order valence-electron chi connectivity index (χ4n) is 2.21. The number of nitrogens with one attached hydrogen (secondary N) is 1. The lowest BCUT2D eigenvalue weighted by Gasteiger charge is -2.03. The van der Waals surface area contributed by atoms with Crippen molar-refractivity contribution in [1.82, 2.24) is 10.1 Å². The molecule has 0 bridgehead atoms. The zero-order valence-electron chi connectivity index (χ0n) is 13.5. The zero-order valence-corrected chi connectivity index (χ0v) is 13.5. The summed E-state index contributed by atoms with van der Waals surface area (Å²) >= 11 is 0. The number of benzene rings is 2. The number of aryl methyl sites for hydroxylation is 1. The Kier molecular flexibility index (Phi) is 4.56. The van der Waals surface area contributed by atoms with Crippen molar-refractivity contribution < 1.29 is 14.1 Å². The minimum atomic E-state index is -0.509. The molecule has 0 atom stereocenters. The van der Waals surface area contributed by atoms with Crippen molar-refractivity contribution in [2.75, 3.05) is 5.32 Å².